The smallest absolute Gasteiger partial charge is 0.353 e. The molecule has 0 spiro atoms. The monoisotopic (exact) mass is 328 g/mol. The molecule has 1 fully saturated rings. The van der Waals surface area contributed by atoms with Crippen molar-refractivity contribution >= 4 is 23.0 Å². The number of nitrogens with two attached hydrogens (primary N) is 1. The summed E-state index contributed by atoms with van der Waals surface area (Å²) >= 11 is 0. The van der Waals surface area contributed by atoms with Gasteiger partial charge in [0, 0.05) is 31.4 Å². The molecule has 1 unspecified atom stereocenters. The van der Waals surface area contributed by atoms with E-state index in [2.05, 4.69) is 46.9 Å². The third-order valence-corrected chi connectivity index (χ3v) is 4.27. The summed E-state index contributed by atoms with van der Waals surface area (Å²) in [6, 6.07) is 8.54. The number of aromatic nitrogens is 2. The first kappa shape index (κ1) is 16.0. The third kappa shape index (κ3) is 2.94. The molecule has 1 aromatic heterocycles. The van der Waals surface area contributed by atoms with Crippen LogP contribution >= 0.6 is 0 Å². The average Bonchev–Trinajstić information content (AvgIpc) is 2.54. The molecule has 126 valence electrons. The second-order valence-corrected chi connectivity index (χ2v) is 6.02. The van der Waals surface area contributed by atoms with E-state index in [0.29, 0.717) is 18.9 Å². The Morgan fingerprint density at radius 3 is 2.79 bits per heavy atom. The van der Waals surface area contributed by atoms with E-state index in [1.54, 1.807) is 0 Å². The molecule has 2 N–H and O–H groups in total. The van der Waals surface area contributed by atoms with Crippen molar-refractivity contribution in [3.8, 4) is 0 Å². The average molecular weight is 328 g/mol. The number of piperazine rings is 1. The van der Waals surface area contributed by atoms with Crippen LogP contribution in [0.4, 0.5) is 23.0 Å². The summed E-state index contributed by atoms with van der Waals surface area (Å²) in [6.45, 7) is 6.19. The van der Waals surface area contributed by atoms with Gasteiger partial charge < -0.3 is 15.5 Å². The number of aryl methyl sites for hydroxylation is 1. The van der Waals surface area contributed by atoms with Gasteiger partial charge in [0.1, 0.15) is 6.33 Å². The van der Waals surface area contributed by atoms with E-state index in [0.717, 1.165) is 6.54 Å². The molecular weight excluding hydrogens is 308 g/mol. The predicted octanol–water partition coefficient (Wildman–Crippen LogP) is 1.99. The van der Waals surface area contributed by atoms with Crippen molar-refractivity contribution < 1.29 is 4.92 Å². The normalized spacial score (nSPS) is 17.8. The van der Waals surface area contributed by atoms with E-state index >= 15 is 0 Å². The van der Waals surface area contributed by atoms with Crippen molar-refractivity contribution in [2.75, 3.05) is 35.2 Å². The van der Waals surface area contributed by atoms with Crippen LogP contribution in [0, 0.1) is 17.0 Å². The lowest BCUT2D eigenvalue weighted by atomic mass is 10.1. The largest absolute Gasteiger partial charge is 0.378 e. The molecule has 2 heterocycles. The molecule has 0 bridgehead atoms. The van der Waals surface area contributed by atoms with Crippen LogP contribution in [-0.2, 0) is 0 Å². The zero-order valence-electron chi connectivity index (χ0n) is 13.7. The van der Waals surface area contributed by atoms with E-state index in [1.165, 1.54) is 17.6 Å². The van der Waals surface area contributed by atoms with Crippen LogP contribution in [-0.4, -0.2) is 40.6 Å². The Kier molecular flexibility index (Phi) is 4.20. The van der Waals surface area contributed by atoms with Gasteiger partial charge in [-0.05, 0) is 31.5 Å². The fourth-order valence-corrected chi connectivity index (χ4v) is 3.13. The van der Waals surface area contributed by atoms with Crippen LogP contribution in [0.15, 0.2) is 30.6 Å². The molecule has 2 aromatic rings. The SMILES string of the molecule is Cc1cccc(N2CCN(c3ncnc(N)c3[N+](=O)[O-])CC2C)c1. The number of rotatable bonds is 3. The standard InChI is InChI=1S/C16H20N6O2/c1-11-4-3-5-13(8-11)21-7-6-20(9-12(21)2)16-14(22(23)24)15(17)18-10-19-16/h3-5,8,10,12H,6-7,9H2,1-2H3,(H2,17,18,19). The van der Waals surface area contributed by atoms with Crippen molar-refractivity contribution in [1.82, 2.24) is 9.97 Å². The molecule has 1 aliphatic rings. The van der Waals surface area contributed by atoms with Gasteiger partial charge in [-0.3, -0.25) is 10.1 Å². The lowest BCUT2D eigenvalue weighted by Crippen LogP contribution is -2.52. The quantitative estimate of drug-likeness (QED) is 0.679. The Morgan fingerprint density at radius 2 is 2.12 bits per heavy atom. The molecule has 1 saturated heterocycles. The van der Waals surface area contributed by atoms with Gasteiger partial charge in [0.15, 0.2) is 0 Å². The van der Waals surface area contributed by atoms with Gasteiger partial charge in [-0.1, -0.05) is 12.1 Å². The van der Waals surface area contributed by atoms with Crippen molar-refractivity contribution in [3.05, 3.63) is 46.3 Å². The zero-order chi connectivity index (χ0) is 17.3. The second kappa shape index (κ2) is 6.31. The predicted molar refractivity (Wildman–Crippen MR) is 93.3 cm³/mol. The summed E-state index contributed by atoms with van der Waals surface area (Å²) in [5.41, 5.74) is 7.83. The molecule has 0 radical (unpaired) electrons. The van der Waals surface area contributed by atoms with Gasteiger partial charge in [0.05, 0.1) is 4.92 Å². The molecule has 8 heteroatoms. The molecule has 0 amide bonds. The number of hydrogen-bond donors (Lipinski definition) is 1. The summed E-state index contributed by atoms with van der Waals surface area (Å²) in [7, 11) is 0. The highest BCUT2D eigenvalue weighted by atomic mass is 16.6. The highest BCUT2D eigenvalue weighted by Crippen LogP contribution is 2.32. The summed E-state index contributed by atoms with van der Waals surface area (Å²) in [5, 5.41) is 11.3. The third-order valence-electron chi connectivity index (χ3n) is 4.27. The number of anilines is 3. The number of nitrogen functional groups attached to an aromatic ring is 1. The van der Waals surface area contributed by atoms with E-state index in [4.69, 9.17) is 5.73 Å². The van der Waals surface area contributed by atoms with Gasteiger partial charge in [-0.15, -0.1) is 0 Å². The van der Waals surface area contributed by atoms with Gasteiger partial charge >= 0.3 is 5.69 Å². The maximum Gasteiger partial charge on any atom is 0.353 e. The Balaban J connectivity index is 1.84. The first-order valence-corrected chi connectivity index (χ1v) is 7.80. The van der Waals surface area contributed by atoms with Crippen LogP contribution in [0.3, 0.4) is 0 Å². The van der Waals surface area contributed by atoms with Gasteiger partial charge in [-0.2, -0.15) is 0 Å². The number of nitrogens with zero attached hydrogens (tertiary/aromatic N) is 5. The van der Waals surface area contributed by atoms with E-state index in [-0.39, 0.29) is 17.5 Å². The van der Waals surface area contributed by atoms with Crippen LogP contribution < -0.4 is 15.5 Å². The maximum atomic E-state index is 11.3. The topological polar surface area (TPSA) is 101 Å². The Labute approximate surface area is 140 Å². The van der Waals surface area contributed by atoms with Crippen molar-refractivity contribution in [2.45, 2.75) is 19.9 Å². The van der Waals surface area contributed by atoms with Gasteiger partial charge in [0.2, 0.25) is 11.6 Å². The fourth-order valence-electron chi connectivity index (χ4n) is 3.13. The Hall–Kier alpha value is -2.90. The van der Waals surface area contributed by atoms with Crippen molar-refractivity contribution in [1.29, 1.82) is 0 Å². The highest BCUT2D eigenvalue weighted by Gasteiger charge is 2.31. The summed E-state index contributed by atoms with van der Waals surface area (Å²) < 4.78 is 0. The van der Waals surface area contributed by atoms with Crippen molar-refractivity contribution in [2.24, 2.45) is 0 Å². The molecule has 1 aliphatic heterocycles. The maximum absolute atomic E-state index is 11.3. The fraction of sp³-hybridized carbons (Fsp3) is 0.375. The molecule has 3 rings (SSSR count). The number of hydrogen-bond acceptors (Lipinski definition) is 7. The minimum atomic E-state index is -0.512. The number of nitro groups is 1. The first-order chi connectivity index (χ1) is 11.5. The van der Waals surface area contributed by atoms with Crippen LogP contribution in [0.1, 0.15) is 12.5 Å². The minimum Gasteiger partial charge on any atom is -0.378 e. The highest BCUT2D eigenvalue weighted by molar-refractivity contribution is 5.69. The Bertz CT molecular complexity index is 766. The van der Waals surface area contributed by atoms with Gasteiger partial charge in [-0.25, -0.2) is 9.97 Å². The minimum absolute atomic E-state index is 0.0984. The second-order valence-electron chi connectivity index (χ2n) is 6.02. The summed E-state index contributed by atoms with van der Waals surface area (Å²) in [5.74, 6) is 0.196. The zero-order valence-corrected chi connectivity index (χ0v) is 13.7. The van der Waals surface area contributed by atoms with Crippen molar-refractivity contribution in [3.63, 3.8) is 0 Å². The number of benzene rings is 1. The molecule has 1 aromatic carbocycles. The molecule has 24 heavy (non-hydrogen) atoms. The van der Waals surface area contributed by atoms with E-state index < -0.39 is 4.92 Å². The van der Waals surface area contributed by atoms with E-state index in [1.807, 2.05) is 11.0 Å². The van der Waals surface area contributed by atoms with Gasteiger partial charge in [0.25, 0.3) is 0 Å². The summed E-state index contributed by atoms with van der Waals surface area (Å²) in [6.07, 6.45) is 1.27. The molecule has 0 saturated carbocycles. The molecule has 0 aliphatic carbocycles. The van der Waals surface area contributed by atoms with Crippen LogP contribution in [0.25, 0.3) is 0 Å². The molecular formula is C16H20N6O2. The van der Waals surface area contributed by atoms with Crippen LogP contribution in [0.2, 0.25) is 0 Å². The lowest BCUT2D eigenvalue weighted by molar-refractivity contribution is -0.383. The first-order valence-electron chi connectivity index (χ1n) is 7.80. The lowest BCUT2D eigenvalue weighted by Gasteiger charge is -2.41. The van der Waals surface area contributed by atoms with E-state index in [9.17, 15) is 10.1 Å². The molecule has 1 atom stereocenters. The summed E-state index contributed by atoms with van der Waals surface area (Å²) in [4.78, 5) is 22.8. The van der Waals surface area contributed by atoms with Crippen LogP contribution in [0.5, 0.6) is 0 Å². The Morgan fingerprint density at radius 1 is 1.33 bits per heavy atom. The molecule has 8 nitrogen and oxygen atoms in total.